The lowest BCUT2D eigenvalue weighted by molar-refractivity contribution is 0.138. The summed E-state index contributed by atoms with van der Waals surface area (Å²) in [6.45, 7) is 6.26. The summed E-state index contributed by atoms with van der Waals surface area (Å²) in [5.74, 6) is -2.01. The van der Waals surface area contributed by atoms with Gasteiger partial charge in [0.1, 0.15) is 17.7 Å². The Morgan fingerprint density at radius 2 is 1.94 bits per heavy atom. The molecular formula is C22H20ClF2N3O3. The molecule has 0 saturated heterocycles. The number of aromatic nitrogens is 3. The number of pyridine rings is 1. The van der Waals surface area contributed by atoms with Crippen LogP contribution >= 0.6 is 11.6 Å². The van der Waals surface area contributed by atoms with Crippen LogP contribution in [-0.4, -0.2) is 14.3 Å². The van der Waals surface area contributed by atoms with Crippen molar-refractivity contribution in [2.75, 3.05) is 0 Å². The van der Waals surface area contributed by atoms with Crippen LogP contribution in [0.5, 0.6) is 0 Å². The molecule has 0 fully saturated rings. The van der Waals surface area contributed by atoms with E-state index in [1.54, 1.807) is 31.2 Å². The fourth-order valence-electron chi connectivity index (χ4n) is 3.19. The Balaban J connectivity index is 2.10. The molecule has 6 nitrogen and oxygen atoms in total. The first-order valence-corrected chi connectivity index (χ1v) is 9.64. The first kappa shape index (κ1) is 22.3. The highest BCUT2D eigenvalue weighted by molar-refractivity contribution is 6.32. The standard InChI is InChI=1S/C22H20ClF2N3O3/c1-12(9-10-16(25)13(2)24)31-14(3)21-20-17(11-19(29)27(21)4)26-28(22(20)30)18-8-6-5-7-15(18)23/h5-11,14,26H,1H2,2-4H3/b10-9-,16-13-. The maximum Gasteiger partial charge on any atom is 0.281 e. The first-order valence-electron chi connectivity index (χ1n) is 9.27. The summed E-state index contributed by atoms with van der Waals surface area (Å²) in [5.41, 5.74) is 0.237. The number of nitrogens with one attached hydrogen (secondary N) is 1. The van der Waals surface area contributed by atoms with Gasteiger partial charge >= 0.3 is 0 Å². The third-order valence-corrected chi connectivity index (χ3v) is 5.01. The van der Waals surface area contributed by atoms with Crippen molar-refractivity contribution in [3.63, 3.8) is 0 Å². The second kappa shape index (κ2) is 8.77. The number of H-pyrrole nitrogens is 1. The summed E-state index contributed by atoms with van der Waals surface area (Å²) in [6, 6.07) is 8.08. The van der Waals surface area contributed by atoms with Gasteiger partial charge in [-0.3, -0.25) is 14.7 Å². The van der Waals surface area contributed by atoms with Gasteiger partial charge in [0.2, 0.25) is 0 Å². The minimum Gasteiger partial charge on any atom is -0.485 e. The van der Waals surface area contributed by atoms with Gasteiger partial charge in [0.05, 0.1) is 27.3 Å². The molecule has 31 heavy (non-hydrogen) atoms. The van der Waals surface area contributed by atoms with Crippen LogP contribution in [0.2, 0.25) is 5.02 Å². The molecule has 1 aromatic carbocycles. The predicted octanol–water partition coefficient (Wildman–Crippen LogP) is 4.99. The second-order valence-corrected chi connectivity index (χ2v) is 7.27. The number of halogens is 3. The topological polar surface area (TPSA) is 69.0 Å². The molecule has 0 aliphatic rings. The number of hydrogen-bond acceptors (Lipinski definition) is 3. The zero-order valence-electron chi connectivity index (χ0n) is 17.1. The van der Waals surface area contributed by atoms with Gasteiger partial charge in [0, 0.05) is 13.1 Å². The molecule has 2 aromatic heterocycles. The van der Waals surface area contributed by atoms with Crippen molar-refractivity contribution in [3.05, 3.63) is 97.9 Å². The van der Waals surface area contributed by atoms with Crippen LogP contribution in [0.1, 0.15) is 25.6 Å². The maximum atomic E-state index is 13.3. The second-order valence-electron chi connectivity index (χ2n) is 6.86. The van der Waals surface area contributed by atoms with E-state index in [0.717, 1.165) is 19.1 Å². The zero-order chi connectivity index (χ0) is 22.9. The Bertz CT molecular complexity index is 1340. The van der Waals surface area contributed by atoms with E-state index in [1.165, 1.54) is 22.4 Å². The summed E-state index contributed by atoms with van der Waals surface area (Å²) < 4.78 is 34.4. The van der Waals surface area contributed by atoms with E-state index in [2.05, 4.69) is 11.7 Å². The Labute approximate surface area is 181 Å². The SMILES string of the molecule is C=C(/C=C\C(F)=C(/C)F)OC(C)c1c2c(=O)n(-c3ccccc3Cl)[nH]c2cc(=O)n1C. The van der Waals surface area contributed by atoms with Gasteiger partial charge in [0.25, 0.3) is 11.1 Å². The molecule has 0 saturated carbocycles. The van der Waals surface area contributed by atoms with E-state index >= 15 is 0 Å². The average Bonchev–Trinajstić information content (AvgIpc) is 3.02. The van der Waals surface area contributed by atoms with Crippen LogP contribution in [0.3, 0.4) is 0 Å². The number of benzene rings is 1. The lowest BCUT2D eigenvalue weighted by atomic mass is 10.1. The number of ether oxygens (including phenoxy) is 1. The number of para-hydroxylation sites is 1. The molecule has 1 unspecified atom stereocenters. The van der Waals surface area contributed by atoms with Gasteiger partial charge in [-0.25, -0.2) is 13.5 Å². The molecule has 1 N–H and O–H groups in total. The average molecular weight is 448 g/mol. The normalized spacial score (nSPS) is 13.5. The van der Waals surface area contributed by atoms with E-state index in [4.69, 9.17) is 16.3 Å². The van der Waals surface area contributed by atoms with Crippen LogP contribution in [0.25, 0.3) is 16.6 Å². The van der Waals surface area contributed by atoms with Gasteiger partial charge in [-0.1, -0.05) is 30.3 Å². The Kier molecular flexibility index (Phi) is 6.31. The van der Waals surface area contributed by atoms with Crippen LogP contribution in [-0.2, 0) is 11.8 Å². The number of nitrogens with zero attached hydrogens (tertiary/aromatic N) is 2. The number of allylic oxidation sites excluding steroid dienone is 4. The third kappa shape index (κ3) is 4.39. The van der Waals surface area contributed by atoms with Crippen molar-refractivity contribution >= 4 is 22.5 Å². The molecule has 0 radical (unpaired) electrons. The van der Waals surface area contributed by atoms with Gasteiger partial charge < -0.3 is 9.30 Å². The molecule has 0 aliphatic carbocycles. The zero-order valence-corrected chi connectivity index (χ0v) is 17.8. The summed E-state index contributed by atoms with van der Waals surface area (Å²) in [7, 11) is 1.51. The highest BCUT2D eigenvalue weighted by Gasteiger charge is 2.22. The maximum absolute atomic E-state index is 13.3. The molecule has 3 rings (SSSR count). The van der Waals surface area contributed by atoms with E-state index in [9.17, 15) is 18.4 Å². The summed E-state index contributed by atoms with van der Waals surface area (Å²) in [4.78, 5) is 25.7. The fraction of sp³-hybridized carbons (Fsp3) is 0.182. The van der Waals surface area contributed by atoms with E-state index in [-0.39, 0.29) is 16.7 Å². The lowest BCUT2D eigenvalue weighted by Gasteiger charge is -2.18. The number of hydrogen-bond donors (Lipinski definition) is 1. The molecule has 0 aliphatic heterocycles. The molecule has 3 aromatic rings. The molecular weight excluding hydrogens is 428 g/mol. The van der Waals surface area contributed by atoms with Crippen molar-refractivity contribution in [2.45, 2.75) is 20.0 Å². The molecule has 162 valence electrons. The highest BCUT2D eigenvalue weighted by Crippen LogP contribution is 2.26. The van der Waals surface area contributed by atoms with Gasteiger partial charge in [-0.05, 0) is 38.1 Å². The molecule has 2 heterocycles. The van der Waals surface area contributed by atoms with Gasteiger partial charge in [-0.2, -0.15) is 0 Å². The minimum atomic E-state index is -1.06. The molecule has 0 amide bonds. The minimum absolute atomic E-state index is 0.0234. The van der Waals surface area contributed by atoms with Crippen molar-refractivity contribution in [3.8, 4) is 5.69 Å². The predicted molar refractivity (Wildman–Crippen MR) is 117 cm³/mol. The van der Waals surface area contributed by atoms with E-state index in [0.29, 0.717) is 21.9 Å². The number of fused-ring (bicyclic) bond motifs is 1. The molecule has 9 heteroatoms. The van der Waals surface area contributed by atoms with Gasteiger partial charge in [-0.15, -0.1) is 0 Å². The lowest BCUT2D eigenvalue weighted by Crippen LogP contribution is -2.24. The molecule has 0 bridgehead atoms. The van der Waals surface area contributed by atoms with Crippen molar-refractivity contribution in [1.29, 1.82) is 0 Å². The van der Waals surface area contributed by atoms with E-state index < -0.39 is 23.3 Å². The molecule has 0 spiro atoms. The van der Waals surface area contributed by atoms with E-state index in [1.807, 2.05) is 0 Å². The monoisotopic (exact) mass is 447 g/mol. The van der Waals surface area contributed by atoms with Crippen molar-refractivity contribution in [1.82, 2.24) is 14.3 Å². The van der Waals surface area contributed by atoms with Crippen LogP contribution in [0.4, 0.5) is 8.78 Å². The number of rotatable bonds is 6. The highest BCUT2D eigenvalue weighted by atomic mass is 35.5. The van der Waals surface area contributed by atoms with Crippen LogP contribution in [0.15, 0.2) is 76.1 Å². The quantitative estimate of drug-likeness (QED) is 0.427. The van der Waals surface area contributed by atoms with Crippen molar-refractivity contribution in [2.24, 2.45) is 7.05 Å². The van der Waals surface area contributed by atoms with Crippen LogP contribution < -0.4 is 11.1 Å². The molecule has 1 atom stereocenters. The third-order valence-electron chi connectivity index (χ3n) is 4.69. The summed E-state index contributed by atoms with van der Waals surface area (Å²) in [6.07, 6.45) is 1.23. The summed E-state index contributed by atoms with van der Waals surface area (Å²) >= 11 is 6.22. The Morgan fingerprint density at radius 3 is 2.58 bits per heavy atom. The summed E-state index contributed by atoms with van der Waals surface area (Å²) in [5, 5.41) is 3.49. The van der Waals surface area contributed by atoms with Gasteiger partial charge in [0.15, 0.2) is 5.83 Å². The Morgan fingerprint density at radius 1 is 1.26 bits per heavy atom. The van der Waals surface area contributed by atoms with Crippen LogP contribution in [0, 0.1) is 0 Å². The largest absolute Gasteiger partial charge is 0.485 e. The smallest absolute Gasteiger partial charge is 0.281 e. The number of aromatic amines is 1. The first-order chi connectivity index (χ1) is 14.6. The fourth-order valence-corrected chi connectivity index (χ4v) is 3.41. The Hall–Kier alpha value is -3.39. The van der Waals surface area contributed by atoms with Crippen molar-refractivity contribution < 1.29 is 13.5 Å².